The van der Waals surface area contributed by atoms with E-state index < -0.39 is 22.0 Å². The number of sulfonamides is 1. The van der Waals surface area contributed by atoms with Crippen molar-refractivity contribution in [2.45, 2.75) is 33.7 Å². The zero-order valence-corrected chi connectivity index (χ0v) is 17.3. The summed E-state index contributed by atoms with van der Waals surface area (Å²) in [4.78, 5) is 12.8. The van der Waals surface area contributed by atoms with Crippen LogP contribution >= 0.6 is 0 Å². The van der Waals surface area contributed by atoms with Gasteiger partial charge < -0.3 is 10.1 Å². The first-order chi connectivity index (χ1) is 12.5. The molecule has 6 nitrogen and oxygen atoms in total. The molecule has 0 saturated heterocycles. The monoisotopic (exact) mass is 390 g/mol. The van der Waals surface area contributed by atoms with E-state index in [0.717, 1.165) is 27.3 Å². The molecule has 0 aliphatic heterocycles. The number of amides is 1. The van der Waals surface area contributed by atoms with Crippen LogP contribution in [0.1, 0.15) is 23.6 Å². The van der Waals surface area contributed by atoms with Gasteiger partial charge in [0.2, 0.25) is 15.9 Å². The van der Waals surface area contributed by atoms with Gasteiger partial charge >= 0.3 is 0 Å². The lowest BCUT2D eigenvalue weighted by Crippen LogP contribution is -2.45. The fourth-order valence-corrected chi connectivity index (χ4v) is 4.22. The molecule has 0 aromatic heterocycles. The lowest BCUT2D eigenvalue weighted by atomic mass is 10.1. The minimum atomic E-state index is -3.73. The molecule has 7 heteroatoms. The number of carbonyl (C=O) groups excluding carboxylic acids is 1. The number of carbonyl (C=O) groups is 1. The molecule has 1 atom stereocenters. The third-order valence-electron chi connectivity index (χ3n) is 4.15. The standard InChI is InChI=1S/C20H26N2O4S/c1-13-7-8-19(26-5)18(12-13)22(27(6,24)25)16(4)20(23)21-17-10-14(2)9-15(3)11-17/h7-12,16H,1-6H3,(H,21,23)/t16-/m0/s1. The van der Waals surface area contributed by atoms with Gasteiger partial charge in [-0.05, 0) is 68.7 Å². The van der Waals surface area contributed by atoms with Gasteiger partial charge in [0, 0.05) is 5.69 Å². The largest absolute Gasteiger partial charge is 0.495 e. The number of rotatable bonds is 6. The number of methoxy groups -OCH3 is 1. The van der Waals surface area contributed by atoms with E-state index in [2.05, 4.69) is 5.32 Å². The van der Waals surface area contributed by atoms with Crippen LogP contribution in [0.15, 0.2) is 36.4 Å². The van der Waals surface area contributed by atoms with Crippen molar-refractivity contribution in [3.8, 4) is 5.75 Å². The van der Waals surface area contributed by atoms with Crippen LogP contribution in [0.25, 0.3) is 0 Å². The average molecular weight is 391 g/mol. The van der Waals surface area contributed by atoms with E-state index in [1.54, 1.807) is 19.1 Å². The number of nitrogens with one attached hydrogen (secondary N) is 1. The van der Waals surface area contributed by atoms with Gasteiger partial charge in [0.05, 0.1) is 19.1 Å². The molecule has 0 aliphatic carbocycles. The van der Waals surface area contributed by atoms with E-state index in [4.69, 9.17) is 4.74 Å². The molecule has 1 N–H and O–H groups in total. The van der Waals surface area contributed by atoms with E-state index in [1.807, 2.05) is 45.0 Å². The average Bonchev–Trinajstić information content (AvgIpc) is 2.52. The van der Waals surface area contributed by atoms with Crippen molar-refractivity contribution in [1.29, 1.82) is 0 Å². The molecule has 0 saturated carbocycles. The van der Waals surface area contributed by atoms with Crippen molar-refractivity contribution < 1.29 is 17.9 Å². The van der Waals surface area contributed by atoms with Crippen molar-refractivity contribution in [1.82, 2.24) is 0 Å². The molecule has 1 amide bonds. The van der Waals surface area contributed by atoms with Gasteiger partial charge in [-0.2, -0.15) is 0 Å². The normalized spacial score (nSPS) is 12.4. The summed E-state index contributed by atoms with van der Waals surface area (Å²) in [6.07, 6.45) is 1.08. The first-order valence-corrected chi connectivity index (χ1v) is 10.4. The summed E-state index contributed by atoms with van der Waals surface area (Å²) >= 11 is 0. The van der Waals surface area contributed by atoms with E-state index in [0.29, 0.717) is 17.1 Å². The topological polar surface area (TPSA) is 75.7 Å². The second-order valence-corrected chi connectivity index (χ2v) is 8.64. The molecule has 0 bridgehead atoms. The Kier molecular flexibility index (Phi) is 6.15. The zero-order chi connectivity index (χ0) is 20.4. The minimum absolute atomic E-state index is 0.336. The molecule has 146 valence electrons. The van der Waals surface area contributed by atoms with Gasteiger partial charge in [-0.3, -0.25) is 9.10 Å². The number of benzene rings is 2. The Morgan fingerprint density at radius 2 is 1.63 bits per heavy atom. The van der Waals surface area contributed by atoms with Crippen molar-refractivity contribution in [2.24, 2.45) is 0 Å². The molecule has 27 heavy (non-hydrogen) atoms. The predicted molar refractivity (Wildman–Crippen MR) is 109 cm³/mol. The minimum Gasteiger partial charge on any atom is -0.495 e. The van der Waals surface area contributed by atoms with Gasteiger partial charge in [0.15, 0.2) is 0 Å². The van der Waals surface area contributed by atoms with Crippen LogP contribution in [0, 0.1) is 20.8 Å². The van der Waals surface area contributed by atoms with Crippen LogP contribution in [-0.4, -0.2) is 33.7 Å². The Labute approximate surface area is 161 Å². The van der Waals surface area contributed by atoms with Crippen LogP contribution in [0.2, 0.25) is 0 Å². The Bertz CT molecular complexity index is 934. The Morgan fingerprint density at radius 1 is 1.04 bits per heavy atom. The molecule has 0 spiro atoms. The van der Waals surface area contributed by atoms with Crippen molar-refractivity contribution in [2.75, 3.05) is 23.0 Å². The van der Waals surface area contributed by atoms with Crippen LogP contribution in [0.5, 0.6) is 5.75 Å². The molecule has 0 fully saturated rings. The SMILES string of the molecule is COc1ccc(C)cc1N([C@@H](C)C(=O)Nc1cc(C)cc(C)c1)S(C)(=O)=O. The van der Waals surface area contributed by atoms with Crippen molar-refractivity contribution in [3.05, 3.63) is 53.1 Å². The maximum Gasteiger partial charge on any atom is 0.247 e. The number of nitrogens with zero attached hydrogens (tertiary/aromatic N) is 1. The van der Waals surface area contributed by atoms with Gasteiger partial charge in [-0.15, -0.1) is 0 Å². The van der Waals surface area contributed by atoms with Gasteiger partial charge in [0.25, 0.3) is 0 Å². The van der Waals surface area contributed by atoms with Crippen LogP contribution < -0.4 is 14.4 Å². The fourth-order valence-electron chi connectivity index (χ4n) is 3.05. The fraction of sp³-hybridized carbons (Fsp3) is 0.350. The van der Waals surface area contributed by atoms with Crippen LogP contribution in [-0.2, 0) is 14.8 Å². The van der Waals surface area contributed by atoms with E-state index in [9.17, 15) is 13.2 Å². The third-order valence-corrected chi connectivity index (χ3v) is 5.38. The molecule has 0 aliphatic rings. The van der Waals surface area contributed by atoms with Gasteiger partial charge in [0.1, 0.15) is 11.8 Å². The molecule has 2 aromatic carbocycles. The van der Waals surface area contributed by atoms with E-state index in [1.165, 1.54) is 7.11 Å². The van der Waals surface area contributed by atoms with E-state index in [-0.39, 0.29) is 0 Å². The summed E-state index contributed by atoms with van der Waals surface area (Å²) in [5.41, 5.74) is 3.86. The molecule has 2 aromatic rings. The third kappa shape index (κ3) is 5.01. The lowest BCUT2D eigenvalue weighted by molar-refractivity contribution is -0.116. The summed E-state index contributed by atoms with van der Waals surface area (Å²) in [6.45, 7) is 7.28. The molecule has 2 rings (SSSR count). The molecule has 0 unspecified atom stereocenters. The highest BCUT2D eigenvalue weighted by molar-refractivity contribution is 7.92. The Morgan fingerprint density at radius 3 is 2.15 bits per heavy atom. The summed E-state index contributed by atoms with van der Waals surface area (Å²) in [5, 5.41) is 2.81. The van der Waals surface area contributed by atoms with Crippen molar-refractivity contribution in [3.63, 3.8) is 0 Å². The highest BCUT2D eigenvalue weighted by atomic mass is 32.2. The zero-order valence-electron chi connectivity index (χ0n) is 16.5. The maximum atomic E-state index is 12.8. The van der Waals surface area contributed by atoms with Crippen LogP contribution in [0.4, 0.5) is 11.4 Å². The predicted octanol–water partition coefficient (Wildman–Crippen LogP) is 3.41. The highest BCUT2D eigenvalue weighted by Crippen LogP contribution is 2.32. The van der Waals surface area contributed by atoms with Gasteiger partial charge in [-0.25, -0.2) is 8.42 Å². The second kappa shape index (κ2) is 8.00. The van der Waals surface area contributed by atoms with Crippen LogP contribution in [0.3, 0.4) is 0 Å². The summed E-state index contributed by atoms with van der Waals surface area (Å²) < 4.78 is 31.4. The summed E-state index contributed by atoms with van der Waals surface area (Å²) in [6, 6.07) is 9.93. The number of ether oxygens (including phenoxy) is 1. The smallest absolute Gasteiger partial charge is 0.247 e. The maximum absolute atomic E-state index is 12.8. The van der Waals surface area contributed by atoms with Gasteiger partial charge in [-0.1, -0.05) is 12.1 Å². The first kappa shape index (κ1) is 20.8. The first-order valence-electron chi connectivity index (χ1n) is 8.56. The lowest BCUT2D eigenvalue weighted by Gasteiger charge is -2.29. The number of hydrogen-bond donors (Lipinski definition) is 1. The molecular weight excluding hydrogens is 364 g/mol. The summed E-state index contributed by atoms with van der Waals surface area (Å²) in [5.74, 6) is -0.0361. The Hall–Kier alpha value is -2.54. The number of anilines is 2. The van der Waals surface area contributed by atoms with Crippen molar-refractivity contribution >= 4 is 27.3 Å². The second-order valence-electron chi connectivity index (χ2n) is 6.78. The molecule has 0 radical (unpaired) electrons. The number of hydrogen-bond acceptors (Lipinski definition) is 4. The highest BCUT2D eigenvalue weighted by Gasteiger charge is 2.31. The quantitative estimate of drug-likeness (QED) is 0.820. The Balaban J connectivity index is 2.42. The number of aryl methyl sites for hydroxylation is 3. The molecule has 0 heterocycles. The van der Waals surface area contributed by atoms with E-state index >= 15 is 0 Å². The molecular formula is C20H26N2O4S. The summed E-state index contributed by atoms with van der Waals surface area (Å²) in [7, 11) is -2.26.